The number of hydrogen-bond acceptors (Lipinski definition) is 5. The highest BCUT2D eigenvalue weighted by Gasteiger charge is 2.08. The Balaban J connectivity index is 2.06. The van der Waals surface area contributed by atoms with Crippen LogP contribution in [0.1, 0.15) is 21.5 Å². The van der Waals surface area contributed by atoms with E-state index in [2.05, 4.69) is 10.5 Å². The summed E-state index contributed by atoms with van der Waals surface area (Å²) in [6.45, 7) is 0. The van der Waals surface area contributed by atoms with Crippen LogP contribution in [0.15, 0.2) is 47.6 Å². The Morgan fingerprint density at radius 2 is 1.74 bits per heavy atom. The summed E-state index contributed by atoms with van der Waals surface area (Å²) < 4.78 is 10.2. The van der Waals surface area contributed by atoms with Crippen LogP contribution < -0.4 is 14.9 Å². The van der Waals surface area contributed by atoms with E-state index in [0.717, 1.165) is 5.56 Å². The highest BCUT2D eigenvalue weighted by Crippen LogP contribution is 2.22. The van der Waals surface area contributed by atoms with Crippen molar-refractivity contribution in [3.05, 3.63) is 59.2 Å². The normalized spacial score (nSPS) is 10.1. The molecule has 0 radical (unpaired) electrons. The first-order valence-corrected chi connectivity index (χ1v) is 6.73. The second kappa shape index (κ2) is 7.61. The van der Waals surface area contributed by atoms with Gasteiger partial charge in [-0.15, -0.1) is 0 Å². The zero-order chi connectivity index (χ0) is 16.7. The van der Waals surface area contributed by atoms with E-state index in [4.69, 9.17) is 14.7 Å². The van der Waals surface area contributed by atoms with Crippen LogP contribution in [-0.4, -0.2) is 26.3 Å². The number of rotatable bonds is 5. The third-order valence-electron chi connectivity index (χ3n) is 3.03. The molecule has 0 spiro atoms. The topological polar surface area (TPSA) is 83.7 Å². The van der Waals surface area contributed by atoms with E-state index in [9.17, 15) is 4.79 Å². The summed E-state index contributed by atoms with van der Waals surface area (Å²) in [5.41, 5.74) is 4.14. The SMILES string of the molecule is COc1cc(OC)cc(C(=O)N/N=C\c2ccc(C#N)cc2)c1. The molecule has 0 fully saturated rings. The molecule has 2 rings (SSSR count). The predicted molar refractivity (Wildman–Crippen MR) is 85.8 cm³/mol. The lowest BCUT2D eigenvalue weighted by Crippen LogP contribution is -2.17. The van der Waals surface area contributed by atoms with Gasteiger partial charge in [0.2, 0.25) is 0 Å². The molecule has 1 N–H and O–H groups in total. The van der Waals surface area contributed by atoms with Gasteiger partial charge in [-0.1, -0.05) is 12.1 Å². The molecule has 0 saturated heterocycles. The molecule has 0 bridgehead atoms. The Bertz CT molecular complexity index is 739. The lowest BCUT2D eigenvalue weighted by molar-refractivity contribution is 0.0954. The monoisotopic (exact) mass is 309 g/mol. The maximum Gasteiger partial charge on any atom is 0.271 e. The van der Waals surface area contributed by atoms with Crippen molar-refractivity contribution in [1.29, 1.82) is 5.26 Å². The van der Waals surface area contributed by atoms with Gasteiger partial charge in [0, 0.05) is 11.6 Å². The number of nitrogens with one attached hydrogen (secondary N) is 1. The predicted octanol–water partition coefficient (Wildman–Crippen LogP) is 2.34. The number of nitrogens with zero attached hydrogens (tertiary/aromatic N) is 2. The summed E-state index contributed by atoms with van der Waals surface area (Å²) in [6, 6.07) is 13.7. The molecule has 0 aromatic heterocycles. The quantitative estimate of drug-likeness (QED) is 0.678. The summed E-state index contributed by atoms with van der Waals surface area (Å²) in [4.78, 5) is 12.1. The summed E-state index contributed by atoms with van der Waals surface area (Å²) >= 11 is 0. The zero-order valence-corrected chi connectivity index (χ0v) is 12.7. The van der Waals surface area contributed by atoms with Gasteiger partial charge in [0.15, 0.2) is 0 Å². The first kappa shape index (κ1) is 16.0. The van der Waals surface area contributed by atoms with Crippen molar-refractivity contribution in [3.63, 3.8) is 0 Å². The van der Waals surface area contributed by atoms with Crippen molar-refractivity contribution in [2.24, 2.45) is 5.10 Å². The zero-order valence-electron chi connectivity index (χ0n) is 12.7. The minimum atomic E-state index is -0.382. The van der Waals surface area contributed by atoms with E-state index < -0.39 is 0 Å². The van der Waals surface area contributed by atoms with Crippen LogP contribution >= 0.6 is 0 Å². The molecule has 23 heavy (non-hydrogen) atoms. The molecule has 2 aromatic carbocycles. The molecule has 0 heterocycles. The van der Waals surface area contributed by atoms with Crippen molar-refractivity contribution < 1.29 is 14.3 Å². The second-order valence-corrected chi connectivity index (χ2v) is 4.53. The lowest BCUT2D eigenvalue weighted by Gasteiger charge is -2.07. The molecule has 116 valence electrons. The van der Waals surface area contributed by atoms with Crippen molar-refractivity contribution in [1.82, 2.24) is 5.43 Å². The van der Waals surface area contributed by atoms with Crippen LogP contribution in [0.25, 0.3) is 0 Å². The number of carbonyl (C=O) groups is 1. The van der Waals surface area contributed by atoms with Gasteiger partial charge < -0.3 is 9.47 Å². The van der Waals surface area contributed by atoms with Crippen molar-refractivity contribution >= 4 is 12.1 Å². The summed E-state index contributed by atoms with van der Waals surface area (Å²) in [5.74, 6) is 0.656. The van der Waals surface area contributed by atoms with Gasteiger partial charge in [-0.2, -0.15) is 10.4 Å². The number of amides is 1. The van der Waals surface area contributed by atoms with Crippen LogP contribution in [0.2, 0.25) is 0 Å². The number of benzene rings is 2. The molecule has 1 amide bonds. The molecule has 0 aliphatic rings. The third-order valence-corrected chi connectivity index (χ3v) is 3.03. The number of hydrogen-bond donors (Lipinski definition) is 1. The van der Waals surface area contributed by atoms with E-state index in [1.165, 1.54) is 20.4 Å². The minimum Gasteiger partial charge on any atom is -0.497 e. The van der Waals surface area contributed by atoms with Crippen LogP contribution in [0.3, 0.4) is 0 Å². The van der Waals surface area contributed by atoms with Crippen molar-refractivity contribution in [2.45, 2.75) is 0 Å². The van der Waals surface area contributed by atoms with Crippen molar-refractivity contribution in [3.8, 4) is 17.6 Å². The Hall–Kier alpha value is -3.33. The van der Waals surface area contributed by atoms with E-state index in [-0.39, 0.29) is 5.91 Å². The standard InChI is InChI=1S/C17H15N3O3/c1-22-15-7-14(8-16(9-15)23-2)17(21)20-19-11-13-5-3-12(10-18)4-6-13/h3-9,11H,1-2H3,(H,20,21)/b19-11-. The molecule has 0 aliphatic heterocycles. The van der Waals surface area contributed by atoms with Gasteiger partial charge in [-0.05, 0) is 29.8 Å². The molecular formula is C17H15N3O3. The number of hydrazone groups is 1. The van der Waals surface area contributed by atoms with E-state index >= 15 is 0 Å². The van der Waals surface area contributed by atoms with E-state index in [1.807, 2.05) is 6.07 Å². The Labute approximate surface area is 134 Å². The van der Waals surface area contributed by atoms with Crippen LogP contribution in [0, 0.1) is 11.3 Å². The summed E-state index contributed by atoms with van der Waals surface area (Å²) in [6.07, 6.45) is 1.50. The summed E-state index contributed by atoms with van der Waals surface area (Å²) in [7, 11) is 3.03. The first-order chi connectivity index (χ1) is 11.2. The molecule has 0 aliphatic carbocycles. The Morgan fingerprint density at radius 3 is 2.26 bits per heavy atom. The lowest BCUT2D eigenvalue weighted by atomic mass is 10.2. The number of nitriles is 1. The average Bonchev–Trinajstić information content (AvgIpc) is 2.61. The van der Waals surface area contributed by atoms with E-state index in [1.54, 1.807) is 42.5 Å². The number of ether oxygens (including phenoxy) is 2. The van der Waals surface area contributed by atoms with Crippen LogP contribution in [0.5, 0.6) is 11.5 Å². The smallest absolute Gasteiger partial charge is 0.271 e. The largest absolute Gasteiger partial charge is 0.497 e. The van der Waals surface area contributed by atoms with Crippen molar-refractivity contribution in [2.75, 3.05) is 14.2 Å². The highest BCUT2D eigenvalue weighted by molar-refractivity contribution is 5.95. The van der Waals surface area contributed by atoms with Gasteiger partial charge in [0.1, 0.15) is 11.5 Å². The minimum absolute atomic E-state index is 0.373. The van der Waals surface area contributed by atoms with E-state index in [0.29, 0.717) is 22.6 Å². The maximum absolute atomic E-state index is 12.1. The third kappa shape index (κ3) is 4.32. The fraction of sp³-hybridized carbons (Fsp3) is 0.118. The molecule has 6 heteroatoms. The van der Waals surface area contributed by atoms with Gasteiger partial charge in [-0.3, -0.25) is 4.79 Å². The van der Waals surface area contributed by atoms with Gasteiger partial charge in [0.05, 0.1) is 32.1 Å². The van der Waals surface area contributed by atoms with Crippen LogP contribution in [-0.2, 0) is 0 Å². The molecule has 6 nitrogen and oxygen atoms in total. The fourth-order valence-corrected chi connectivity index (χ4v) is 1.81. The molecule has 2 aromatic rings. The average molecular weight is 309 g/mol. The second-order valence-electron chi connectivity index (χ2n) is 4.53. The molecule has 0 atom stereocenters. The molecular weight excluding hydrogens is 294 g/mol. The molecule has 0 saturated carbocycles. The molecule has 0 unspecified atom stereocenters. The first-order valence-electron chi connectivity index (χ1n) is 6.73. The Kier molecular flexibility index (Phi) is 5.31. The van der Waals surface area contributed by atoms with Gasteiger partial charge >= 0.3 is 0 Å². The summed E-state index contributed by atoms with van der Waals surface area (Å²) in [5, 5.41) is 12.6. The fourth-order valence-electron chi connectivity index (χ4n) is 1.81. The number of carbonyl (C=O) groups excluding carboxylic acids is 1. The van der Waals surface area contributed by atoms with Gasteiger partial charge in [0.25, 0.3) is 5.91 Å². The number of methoxy groups -OCH3 is 2. The van der Waals surface area contributed by atoms with Gasteiger partial charge in [-0.25, -0.2) is 5.43 Å². The van der Waals surface area contributed by atoms with Crippen LogP contribution in [0.4, 0.5) is 0 Å². The maximum atomic E-state index is 12.1. The highest BCUT2D eigenvalue weighted by atomic mass is 16.5. The Morgan fingerprint density at radius 1 is 1.13 bits per heavy atom.